The zero-order valence-electron chi connectivity index (χ0n) is 8.23. The molecule has 0 fully saturated rings. The summed E-state index contributed by atoms with van der Waals surface area (Å²) in [5.74, 6) is 0. The highest BCUT2D eigenvalue weighted by atomic mass is 35.5. The van der Waals surface area contributed by atoms with Gasteiger partial charge in [0.25, 0.3) is 0 Å². The van der Waals surface area contributed by atoms with E-state index in [4.69, 9.17) is 50.8 Å². The molecule has 1 nitrogen and oxygen atoms in total. The number of hydrogen-bond donors (Lipinski definition) is 0. The van der Waals surface area contributed by atoms with E-state index in [9.17, 15) is 0 Å². The second-order valence-corrected chi connectivity index (χ2v) is 5.23. The van der Waals surface area contributed by atoms with Crippen LogP contribution in [0, 0.1) is 0 Å². The number of rotatable bonds is 0. The summed E-state index contributed by atoms with van der Waals surface area (Å²) in [6, 6.07) is 6.79. The quantitative estimate of drug-likeness (QED) is 0.482. The third kappa shape index (κ3) is 1.69. The number of benzene rings is 2. The number of halogens is 4. The minimum atomic E-state index is 0.437. The molecule has 0 atom stereocenters. The van der Waals surface area contributed by atoms with Crippen LogP contribution in [0.4, 0.5) is 0 Å². The van der Waals surface area contributed by atoms with E-state index in [2.05, 4.69) is 0 Å². The molecule has 0 amide bonds. The van der Waals surface area contributed by atoms with Crippen molar-refractivity contribution in [1.82, 2.24) is 0 Å². The first-order chi connectivity index (χ1) is 8.08. The van der Waals surface area contributed by atoms with Crippen LogP contribution >= 0.6 is 46.4 Å². The maximum absolute atomic E-state index is 6.17. The van der Waals surface area contributed by atoms with Gasteiger partial charge in [-0.05, 0) is 18.2 Å². The van der Waals surface area contributed by atoms with Gasteiger partial charge < -0.3 is 4.42 Å². The van der Waals surface area contributed by atoms with Crippen LogP contribution < -0.4 is 0 Å². The summed E-state index contributed by atoms with van der Waals surface area (Å²) in [6.45, 7) is 0. The molecular weight excluding hydrogens is 302 g/mol. The van der Waals surface area contributed by atoms with E-state index < -0.39 is 0 Å². The Morgan fingerprint density at radius 2 is 1.53 bits per heavy atom. The van der Waals surface area contributed by atoms with Gasteiger partial charge in [-0.25, -0.2) is 0 Å². The van der Waals surface area contributed by atoms with Gasteiger partial charge in [0.15, 0.2) is 0 Å². The predicted octanol–water partition coefficient (Wildman–Crippen LogP) is 6.20. The fourth-order valence-corrected chi connectivity index (χ4v) is 2.82. The first-order valence-electron chi connectivity index (χ1n) is 4.73. The van der Waals surface area contributed by atoms with Gasteiger partial charge in [-0.3, -0.25) is 0 Å². The maximum atomic E-state index is 6.17. The van der Waals surface area contributed by atoms with Crippen molar-refractivity contribution in [2.24, 2.45) is 0 Å². The summed E-state index contributed by atoms with van der Waals surface area (Å²) in [6.07, 6.45) is 0. The van der Waals surface area contributed by atoms with Gasteiger partial charge in [-0.15, -0.1) is 0 Å². The number of hydrogen-bond acceptors (Lipinski definition) is 1. The Morgan fingerprint density at radius 1 is 0.765 bits per heavy atom. The SMILES string of the molecule is Clc1cc(Cl)c2c(c1)oc1ccc(Cl)c(Cl)c12. The Kier molecular flexibility index (Phi) is 2.68. The lowest BCUT2D eigenvalue weighted by Crippen LogP contribution is -1.73. The largest absolute Gasteiger partial charge is 0.456 e. The van der Waals surface area contributed by atoms with E-state index in [0.29, 0.717) is 31.3 Å². The van der Waals surface area contributed by atoms with Crippen LogP contribution in [0.1, 0.15) is 0 Å². The second kappa shape index (κ2) is 3.96. The van der Waals surface area contributed by atoms with Crippen molar-refractivity contribution in [3.05, 3.63) is 44.4 Å². The Hall–Kier alpha value is -0.600. The van der Waals surface area contributed by atoms with Gasteiger partial charge >= 0.3 is 0 Å². The molecule has 0 aliphatic heterocycles. The van der Waals surface area contributed by atoms with E-state index in [1.54, 1.807) is 24.3 Å². The lowest BCUT2D eigenvalue weighted by molar-refractivity contribution is 0.669. The predicted molar refractivity (Wildman–Crippen MR) is 73.8 cm³/mol. The highest BCUT2D eigenvalue weighted by Gasteiger charge is 2.15. The van der Waals surface area contributed by atoms with Crippen molar-refractivity contribution in [2.75, 3.05) is 0 Å². The molecule has 0 unspecified atom stereocenters. The van der Waals surface area contributed by atoms with Crippen molar-refractivity contribution in [1.29, 1.82) is 0 Å². The van der Waals surface area contributed by atoms with E-state index in [0.717, 1.165) is 10.8 Å². The molecule has 86 valence electrons. The van der Waals surface area contributed by atoms with Gasteiger partial charge in [0.05, 0.1) is 15.1 Å². The molecule has 5 heteroatoms. The van der Waals surface area contributed by atoms with Gasteiger partial charge in [-0.2, -0.15) is 0 Å². The zero-order valence-corrected chi connectivity index (χ0v) is 11.3. The Balaban J connectivity index is 2.62. The summed E-state index contributed by atoms with van der Waals surface area (Å²) >= 11 is 24.2. The zero-order chi connectivity index (χ0) is 12.2. The van der Waals surface area contributed by atoms with Crippen molar-refractivity contribution >= 4 is 68.3 Å². The lowest BCUT2D eigenvalue weighted by atomic mass is 10.1. The van der Waals surface area contributed by atoms with Crippen molar-refractivity contribution in [3.8, 4) is 0 Å². The fraction of sp³-hybridized carbons (Fsp3) is 0. The van der Waals surface area contributed by atoms with Crippen molar-refractivity contribution < 1.29 is 4.42 Å². The van der Waals surface area contributed by atoms with Crippen LogP contribution in [0.15, 0.2) is 28.7 Å². The highest BCUT2D eigenvalue weighted by Crippen LogP contribution is 2.41. The molecule has 3 rings (SSSR count). The molecule has 0 aliphatic rings. The van der Waals surface area contributed by atoms with Crippen LogP contribution in [-0.2, 0) is 0 Å². The molecular formula is C12H4Cl4O. The molecule has 3 aromatic rings. The summed E-state index contributed by atoms with van der Waals surface area (Å²) in [4.78, 5) is 0. The second-order valence-electron chi connectivity index (χ2n) is 3.60. The Morgan fingerprint density at radius 3 is 2.29 bits per heavy atom. The van der Waals surface area contributed by atoms with Gasteiger partial charge in [0.1, 0.15) is 11.2 Å². The maximum Gasteiger partial charge on any atom is 0.138 e. The summed E-state index contributed by atoms with van der Waals surface area (Å²) < 4.78 is 5.64. The molecule has 0 radical (unpaired) electrons. The molecule has 0 N–H and O–H groups in total. The molecule has 0 saturated carbocycles. The van der Waals surface area contributed by atoms with E-state index in [1.807, 2.05) is 0 Å². The topological polar surface area (TPSA) is 13.1 Å². The molecule has 1 heterocycles. The smallest absolute Gasteiger partial charge is 0.138 e. The van der Waals surface area contributed by atoms with Crippen LogP contribution in [0.3, 0.4) is 0 Å². The van der Waals surface area contributed by atoms with Crippen molar-refractivity contribution in [2.45, 2.75) is 0 Å². The lowest BCUT2D eigenvalue weighted by Gasteiger charge is -1.98. The summed E-state index contributed by atoms with van der Waals surface area (Å²) in [7, 11) is 0. The molecule has 0 bridgehead atoms. The van der Waals surface area contributed by atoms with Gasteiger partial charge in [0.2, 0.25) is 0 Å². The average molecular weight is 306 g/mol. The van der Waals surface area contributed by atoms with Crippen LogP contribution in [0.25, 0.3) is 21.9 Å². The molecule has 2 aromatic carbocycles. The van der Waals surface area contributed by atoms with E-state index >= 15 is 0 Å². The molecule has 0 saturated heterocycles. The first-order valence-corrected chi connectivity index (χ1v) is 6.24. The van der Waals surface area contributed by atoms with Crippen LogP contribution in [0.5, 0.6) is 0 Å². The Bertz CT molecular complexity index is 745. The molecule has 0 spiro atoms. The van der Waals surface area contributed by atoms with Gasteiger partial charge in [0, 0.05) is 21.9 Å². The normalized spacial score (nSPS) is 11.5. The standard InChI is InChI=1S/C12H4Cl4O/c13-5-3-7(15)10-9(4-5)17-8-2-1-6(14)12(16)11(8)10/h1-4H. The fourth-order valence-electron chi connectivity index (χ4n) is 1.84. The van der Waals surface area contributed by atoms with Crippen molar-refractivity contribution in [3.63, 3.8) is 0 Å². The molecule has 17 heavy (non-hydrogen) atoms. The van der Waals surface area contributed by atoms with Crippen LogP contribution in [0.2, 0.25) is 20.1 Å². The third-order valence-electron chi connectivity index (χ3n) is 2.55. The molecule has 0 aliphatic carbocycles. The van der Waals surface area contributed by atoms with E-state index in [1.165, 1.54) is 0 Å². The average Bonchev–Trinajstić information content (AvgIpc) is 2.62. The monoisotopic (exact) mass is 304 g/mol. The minimum absolute atomic E-state index is 0.437. The third-order valence-corrected chi connectivity index (χ3v) is 3.87. The van der Waals surface area contributed by atoms with Gasteiger partial charge in [-0.1, -0.05) is 46.4 Å². The summed E-state index contributed by atoms with van der Waals surface area (Å²) in [5.41, 5.74) is 1.24. The minimum Gasteiger partial charge on any atom is -0.456 e. The first kappa shape index (κ1) is 11.5. The number of fused-ring (bicyclic) bond motifs is 3. The summed E-state index contributed by atoms with van der Waals surface area (Å²) in [5, 5.41) is 3.37. The van der Waals surface area contributed by atoms with Crippen LogP contribution in [-0.4, -0.2) is 0 Å². The Labute approximate surface area is 117 Å². The number of furan rings is 1. The van der Waals surface area contributed by atoms with E-state index in [-0.39, 0.29) is 0 Å². The molecule has 1 aromatic heterocycles. The highest BCUT2D eigenvalue weighted by molar-refractivity contribution is 6.48.